The molecule has 1 heterocycles. The van der Waals surface area contributed by atoms with Crippen LogP contribution in [0.15, 0.2) is 6.33 Å². The van der Waals surface area contributed by atoms with E-state index in [1.54, 1.807) is 0 Å². The van der Waals surface area contributed by atoms with Gasteiger partial charge >= 0.3 is 5.97 Å². The highest BCUT2D eigenvalue weighted by Crippen LogP contribution is 2.01. The van der Waals surface area contributed by atoms with Crippen LogP contribution in [0.1, 0.15) is 23.1 Å². The Bertz CT molecular complexity index is 246. The third kappa shape index (κ3) is 1.94. The highest BCUT2D eigenvalue weighted by atomic mass is 35.5. The second-order valence-corrected chi connectivity index (χ2v) is 1.89. The number of nitrogens with zero attached hydrogens (tertiary/aromatic N) is 1. The van der Waals surface area contributed by atoms with Gasteiger partial charge in [-0.1, -0.05) is 6.92 Å². The Labute approximate surface area is 70.1 Å². The summed E-state index contributed by atoms with van der Waals surface area (Å²) < 4.78 is 0. The van der Waals surface area contributed by atoms with Crippen LogP contribution in [-0.4, -0.2) is 21.0 Å². The molecule has 1 aromatic rings. The molecule has 5 heteroatoms. The van der Waals surface area contributed by atoms with Gasteiger partial charge in [0, 0.05) is 5.69 Å². The van der Waals surface area contributed by atoms with Crippen molar-refractivity contribution in [2.45, 2.75) is 13.3 Å². The molecule has 0 unspecified atom stereocenters. The van der Waals surface area contributed by atoms with Gasteiger partial charge in [0.25, 0.3) is 0 Å². The lowest BCUT2D eigenvalue weighted by molar-refractivity contribution is 0.0690. The fourth-order valence-corrected chi connectivity index (χ4v) is 0.775. The molecule has 0 amide bonds. The number of aromatic amines is 1. The number of aromatic nitrogens is 2. The third-order valence-electron chi connectivity index (χ3n) is 1.27. The molecule has 0 aromatic carbocycles. The van der Waals surface area contributed by atoms with Crippen molar-refractivity contribution < 1.29 is 9.90 Å². The summed E-state index contributed by atoms with van der Waals surface area (Å²) in [7, 11) is 0. The molecule has 4 nitrogen and oxygen atoms in total. The van der Waals surface area contributed by atoms with Gasteiger partial charge in [-0.2, -0.15) is 0 Å². The van der Waals surface area contributed by atoms with E-state index in [1.807, 2.05) is 6.92 Å². The Kier molecular flexibility index (Phi) is 3.60. The van der Waals surface area contributed by atoms with Crippen molar-refractivity contribution >= 4 is 18.4 Å². The molecule has 0 aliphatic heterocycles. The zero-order valence-corrected chi connectivity index (χ0v) is 6.81. The Morgan fingerprint density at radius 3 is 2.82 bits per heavy atom. The number of hydrogen-bond donors (Lipinski definition) is 2. The average Bonchev–Trinajstić information content (AvgIpc) is 2.33. The summed E-state index contributed by atoms with van der Waals surface area (Å²) in [5.41, 5.74) is 0.801. The first-order chi connectivity index (χ1) is 4.75. The number of rotatable bonds is 2. The van der Waals surface area contributed by atoms with E-state index in [1.165, 1.54) is 6.33 Å². The van der Waals surface area contributed by atoms with Crippen LogP contribution in [0.25, 0.3) is 0 Å². The van der Waals surface area contributed by atoms with Crippen LogP contribution in [-0.2, 0) is 6.42 Å². The summed E-state index contributed by atoms with van der Waals surface area (Å²) >= 11 is 0. The molecular formula is C6H9ClN2O2. The number of carboxylic acids is 1. The summed E-state index contributed by atoms with van der Waals surface area (Å²) in [4.78, 5) is 16.7. The maximum absolute atomic E-state index is 10.4. The van der Waals surface area contributed by atoms with Crippen LogP contribution in [0.5, 0.6) is 0 Å². The molecule has 0 aliphatic carbocycles. The van der Waals surface area contributed by atoms with E-state index in [-0.39, 0.29) is 18.1 Å². The normalized spacial score (nSPS) is 8.82. The molecule has 11 heavy (non-hydrogen) atoms. The van der Waals surface area contributed by atoms with Gasteiger partial charge in [0.2, 0.25) is 0 Å². The van der Waals surface area contributed by atoms with Gasteiger partial charge in [0.1, 0.15) is 0 Å². The number of halogens is 1. The lowest BCUT2D eigenvalue weighted by Crippen LogP contribution is -2.00. The van der Waals surface area contributed by atoms with Gasteiger partial charge in [-0.25, -0.2) is 9.78 Å². The number of imidazole rings is 1. The standard InChI is InChI=1S/C6H8N2O2.ClH/c1-2-4-5(6(9)10)8-3-7-4;/h3H,2H2,1H3,(H,7,8)(H,9,10);1H. The smallest absolute Gasteiger partial charge is 0.356 e. The fraction of sp³-hybridized carbons (Fsp3) is 0.333. The van der Waals surface area contributed by atoms with E-state index < -0.39 is 5.97 Å². The molecule has 0 saturated heterocycles. The third-order valence-corrected chi connectivity index (χ3v) is 1.27. The van der Waals surface area contributed by atoms with Gasteiger partial charge < -0.3 is 10.1 Å². The van der Waals surface area contributed by atoms with Crippen molar-refractivity contribution in [3.8, 4) is 0 Å². The average molecular weight is 177 g/mol. The molecule has 2 N–H and O–H groups in total. The molecule has 1 aromatic heterocycles. The summed E-state index contributed by atoms with van der Waals surface area (Å²) in [5.74, 6) is -0.974. The zero-order chi connectivity index (χ0) is 7.56. The van der Waals surface area contributed by atoms with Crippen molar-refractivity contribution in [1.29, 1.82) is 0 Å². The van der Waals surface area contributed by atoms with Crippen LogP contribution < -0.4 is 0 Å². The first-order valence-corrected chi connectivity index (χ1v) is 3.01. The van der Waals surface area contributed by atoms with E-state index in [0.717, 1.165) is 0 Å². The van der Waals surface area contributed by atoms with Gasteiger partial charge in [0.15, 0.2) is 5.69 Å². The molecule has 0 radical (unpaired) electrons. The Balaban J connectivity index is 0.000001000. The number of carboxylic acid groups (broad SMARTS) is 1. The Morgan fingerprint density at radius 2 is 2.45 bits per heavy atom. The minimum Gasteiger partial charge on any atom is -0.476 e. The van der Waals surface area contributed by atoms with E-state index in [9.17, 15) is 4.79 Å². The Hall–Kier alpha value is -1.03. The monoisotopic (exact) mass is 176 g/mol. The van der Waals surface area contributed by atoms with Gasteiger partial charge in [-0.05, 0) is 6.42 Å². The van der Waals surface area contributed by atoms with Gasteiger partial charge in [-0.15, -0.1) is 12.4 Å². The number of aryl methyl sites for hydroxylation is 1. The summed E-state index contributed by atoms with van der Waals surface area (Å²) in [6.07, 6.45) is 2.06. The highest BCUT2D eigenvalue weighted by molar-refractivity contribution is 5.86. The van der Waals surface area contributed by atoms with Crippen LogP contribution in [0.2, 0.25) is 0 Å². The van der Waals surface area contributed by atoms with E-state index in [0.29, 0.717) is 12.1 Å². The molecule has 0 saturated carbocycles. The van der Waals surface area contributed by atoms with Gasteiger partial charge in [0.05, 0.1) is 6.33 Å². The minimum absolute atomic E-state index is 0. The predicted octanol–water partition coefficient (Wildman–Crippen LogP) is 1.09. The predicted molar refractivity (Wildman–Crippen MR) is 42.2 cm³/mol. The molecular weight excluding hydrogens is 168 g/mol. The van der Waals surface area contributed by atoms with Crippen molar-refractivity contribution in [3.05, 3.63) is 17.7 Å². The van der Waals surface area contributed by atoms with Crippen LogP contribution >= 0.6 is 12.4 Å². The van der Waals surface area contributed by atoms with Crippen molar-refractivity contribution in [3.63, 3.8) is 0 Å². The fourth-order valence-electron chi connectivity index (χ4n) is 0.775. The summed E-state index contributed by atoms with van der Waals surface area (Å²) in [6.45, 7) is 1.87. The van der Waals surface area contributed by atoms with E-state index >= 15 is 0 Å². The number of nitrogens with one attached hydrogen (secondary N) is 1. The first kappa shape index (κ1) is 9.97. The number of aromatic carboxylic acids is 1. The molecule has 0 bridgehead atoms. The maximum Gasteiger partial charge on any atom is 0.356 e. The van der Waals surface area contributed by atoms with Crippen LogP contribution in [0, 0.1) is 0 Å². The zero-order valence-electron chi connectivity index (χ0n) is 6.00. The van der Waals surface area contributed by atoms with E-state index in [2.05, 4.69) is 9.97 Å². The number of hydrogen-bond acceptors (Lipinski definition) is 2. The van der Waals surface area contributed by atoms with Crippen LogP contribution in [0.3, 0.4) is 0 Å². The quantitative estimate of drug-likeness (QED) is 0.709. The Morgan fingerprint density at radius 1 is 1.82 bits per heavy atom. The van der Waals surface area contributed by atoms with Crippen molar-refractivity contribution in [2.75, 3.05) is 0 Å². The molecule has 1 rings (SSSR count). The highest BCUT2D eigenvalue weighted by Gasteiger charge is 2.09. The molecule has 0 aliphatic rings. The summed E-state index contributed by atoms with van der Waals surface area (Å²) in [5, 5.41) is 8.50. The molecule has 0 spiro atoms. The largest absolute Gasteiger partial charge is 0.476 e. The van der Waals surface area contributed by atoms with Crippen LogP contribution in [0.4, 0.5) is 0 Å². The second kappa shape index (κ2) is 3.98. The van der Waals surface area contributed by atoms with Crippen molar-refractivity contribution in [1.82, 2.24) is 9.97 Å². The molecule has 0 atom stereocenters. The molecule has 62 valence electrons. The topological polar surface area (TPSA) is 66.0 Å². The lowest BCUT2D eigenvalue weighted by Gasteiger charge is -1.90. The SMILES string of the molecule is CCc1[nH]cnc1C(=O)O.Cl. The maximum atomic E-state index is 10.4. The first-order valence-electron chi connectivity index (χ1n) is 3.01. The van der Waals surface area contributed by atoms with Crippen molar-refractivity contribution in [2.24, 2.45) is 0 Å². The second-order valence-electron chi connectivity index (χ2n) is 1.89. The van der Waals surface area contributed by atoms with E-state index in [4.69, 9.17) is 5.11 Å². The lowest BCUT2D eigenvalue weighted by atomic mass is 10.3. The molecule has 0 fully saturated rings. The minimum atomic E-state index is -0.974. The number of H-pyrrole nitrogens is 1. The summed E-state index contributed by atoms with van der Waals surface area (Å²) in [6, 6.07) is 0. The van der Waals surface area contributed by atoms with Gasteiger partial charge in [-0.3, -0.25) is 0 Å². The number of carbonyl (C=O) groups is 1.